The summed E-state index contributed by atoms with van der Waals surface area (Å²) in [5.41, 5.74) is 1.65. The predicted octanol–water partition coefficient (Wildman–Crippen LogP) is 3.11. The fourth-order valence-electron chi connectivity index (χ4n) is 3.93. The number of piperidine rings is 1. The van der Waals surface area contributed by atoms with Gasteiger partial charge in [0.2, 0.25) is 5.91 Å². The molecule has 2 aromatic carbocycles. The number of anilines is 2. The summed E-state index contributed by atoms with van der Waals surface area (Å²) in [6.07, 6.45) is 3.40. The van der Waals surface area contributed by atoms with Gasteiger partial charge in [0, 0.05) is 37.8 Å². The molecule has 0 spiro atoms. The number of thioether (sulfide) groups is 1. The van der Waals surface area contributed by atoms with Gasteiger partial charge in [-0.15, -0.1) is 0 Å². The lowest BCUT2D eigenvalue weighted by molar-refractivity contribution is -0.121. The number of carbonyl (C=O) groups is 4. The van der Waals surface area contributed by atoms with Gasteiger partial charge in [0.15, 0.2) is 5.17 Å². The van der Waals surface area contributed by atoms with Crippen LogP contribution in [-0.2, 0) is 9.59 Å². The first-order valence-corrected chi connectivity index (χ1v) is 12.4. The second kappa shape index (κ2) is 11.2. The molecular weight excluding hydrogens is 466 g/mol. The fraction of sp³-hybridized carbons (Fsp3) is 0.320. The summed E-state index contributed by atoms with van der Waals surface area (Å²) in [6.45, 7) is 1.80. The summed E-state index contributed by atoms with van der Waals surface area (Å²) >= 11 is 1.36. The molecule has 0 aliphatic carbocycles. The standard InChI is InChI=1S/C25H27N5O4S/c1-26-23(33)18-7-3-4-8-19(18)28-22(32)16-9-11-17(12-10-16)27-21(31)15-20-24(34)29-25(35-20)30-13-5-2-6-14-30/h3-4,7-12,20H,2,5-6,13-15H2,1H3,(H,26,33)(H,27,31)(H,28,32). The second-order valence-electron chi connectivity index (χ2n) is 8.30. The van der Waals surface area contributed by atoms with Gasteiger partial charge in [-0.2, -0.15) is 4.99 Å². The maximum Gasteiger partial charge on any atom is 0.262 e. The monoisotopic (exact) mass is 493 g/mol. The van der Waals surface area contributed by atoms with Crippen LogP contribution in [0.25, 0.3) is 0 Å². The number of hydrogen-bond acceptors (Lipinski definition) is 6. The summed E-state index contributed by atoms with van der Waals surface area (Å²) in [4.78, 5) is 55.8. The van der Waals surface area contributed by atoms with E-state index in [2.05, 4.69) is 25.8 Å². The van der Waals surface area contributed by atoms with Crippen LogP contribution in [0.15, 0.2) is 53.5 Å². The molecule has 3 N–H and O–H groups in total. The average molecular weight is 494 g/mol. The van der Waals surface area contributed by atoms with E-state index < -0.39 is 5.25 Å². The van der Waals surface area contributed by atoms with Gasteiger partial charge in [0.05, 0.1) is 11.3 Å². The molecule has 9 nitrogen and oxygen atoms in total. The van der Waals surface area contributed by atoms with Gasteiger partial charge in [-0.1, -0.05) is 23.9 Å². The Kier molecular flexibility index (Phi) is 7.81. The van der Waals surface area contributed by atoms with Crippen molar-refractivity contribution in [2.75, 3.05) is 30.8 Å². The van der Waals surface area contributed by atoms with Crippen molar-refractivity contribution in [3.05, 3.63) is 59.7 Å². The molecule has 0 bridgehead atoms. The van der Waals surface area contributed by atoms with Crippen LogP contribution in [0.2, 0.25) is 0 Å². The maximum atomic E-state index is 12.7. The van der Waals surface area contributed by atoms with Crippen LogP contribution in [0.4, 0.5) is 11.4 Å². The van der Waals surface area contributed by atoms with Gasteiger partial charge in [-0.3, -0.25) is 19.2 Å². The van der Waals surface area contributed by atoms with Gasteiger partial charge < -0.3 is 20.9 Å². The fourth-order valence-corrected chi connectivity index (χ4v) is 5.05. The van der Waals surface area contributed by atoms with Gasteiger partial charge in [0.25, 0.3) is 17.7 Å². The maximum absolute atomic E-state index is 12.7. The molecule has 2 aliphatic heterocycles. The first kappa shape index (κ1) is 24.5. The van der Waals surface area contributed by atoms with E-state index in [0.29, 0.717) is 22.5 Å². The van der Waals surface area contributed by atoms with Crippen LogP contribution in [0.3, 0.4) is 0 Å². The highest BCUT2D eigenvalue weighted by Crippen LogP contribution is 2.29. The zero-order valence-electron chi connectivity index (χ0n) is 19.4. The van der Waals surface area contributed by atoms with E-state index >= 15 is 0 Å². The zero-order chi connectivity index (χ0) is 24.8. The first-order chi connectivity index (χ1) is 16.9. The molecule has 0 saturated carbocycles. The Bertz CT molecular complexity index is 1160. The van der Waals surface area contributed by atoms with Crippen LogP contribution >= 0.6 is 11.8 Å². The number of carbonyl (C=O) groups excluding carboxylic acids is 4. The van der Waals surface area contributed by atoms with E-state index in [9.17, 15) is 19.2 Å². The summed E-state index contributed by atoms with van der Waals surface area (Å²) in [6, 6.07) is 13.1. The Labute approximate surface area is 207 Å². The van der Waals surface area contributed by atoms with E-state index in [4.69, 9.17) is 0 Å². The molecule has 2 heterocycles. The number of rotatable bonds is 6. The number of nitrogens with one attached hydrogen (secondary N) is 3. The molecule has 182 valence electrons. The van der Waals surface area contributed by atoms with Crippen molar-refractivity contribution < 1.29 is 19.2 Å². The van der Waals surface area contributed by atoms with E-state index in [-0.39, 0.29) is 30.0 Å². The van der Waals surface area contributed by atoms with Crippen LogP contribution in [0.1, 0.15) is 46.4 Å². The molecule has 4 rings (SSSR count). The Morgan fingerprint density at radius 3 is 2.40 bits per heavy atom. The van der Waals surface area contributed by atoms with Crippen molar-refractivity contribution in [2.45, 2.75) is 30.9 Å². The lowest BCUT2D eigenvalue weighted by Crippen LogP contribution is -2.33. The van der Waals surface area contributed by atoms with Crippen LogP contribution in [0.5, 0.6) is 0 Å². The first-order valence-electron chi connectivity index (χ1n) is 11.5. The van der Waals surface area contributed by atoms with Gasteiger partial charge in [-0.25, -0.2) is 0 Å². The SMILES string of the molecule is CNC(=O)c1ccccc1NC(=O)c1ccc(NC(=O)CC2SC(N3CCCCC3)=NC2=O)cc1. The van der Waals surface area contributed by atoms with E-state index in [1.165, 1.54) is 25.2 Å². The predicted molar refractivity (Wildman–Crippen MR) is 137 cm³/mol. The molecule has 35 heavy (non-hydrogen) atoms. The quantitative estimate of drug-likeness (QED) is 0.569. The third-order valence-corrected chi connectivity index (χ3v) is 7.02. The molecule has 1 unspecified atom stereocenters. The normalized spacial score (nSPS) is 17.5. The highest BCUT2D eigenvalue weighted by atomic mass is 32.2. The number of aliphatic imine (C=N–C) groups is 1. The van der Waals surface area contributed by atoms with Crippen molar-refractivity contribution in [3.8, 4) is 0 Å². The number of para-hydroxylation sites is 1. The summed E-state index contributed by atoms with van der Waals surface area (Å²) < 4.78 is 0. The van der Waals surface area contributed by atoms with E-state index in [1.54, 1.807) is 48.5 Å². The van der Waals surface area contributed by atoms with Crippen molar-refractivity contribution in [1.82, 2.24) is 10.2 Å². The zero-order valence-corrected chi connectivity index (χ0v) is 20.2. The van der Waals surface area contributed by atoms with Crippen molar-refractivity contribution in [1.29, 1.82) is 0 Å². The highest BCUT2D eigenvalue weighted by Gasteiger charge is 2.33. The third-order valence-electron chi connectivity index (χ3n) is 5.80. The Morgan fingerprint density at radius 1 is 0.971 bits per heavy atom. The molecule has 1 saturated heterocycles. The molecular formula is C25H27N5O4S. The molecule has 0 aromatic heterocycles. The molecule has 1 atom stereocenters. The Hall–Kier alpha value is -3.66. The largest absolute Gasteiger partial charge is 0.355 e. The smallest absolute Gasteiger partial charge is 0.262 e. The minimum absolute atomic E-state index is 0.0306. The second-order valence-corrected chi connectivity index (χ2v) is 9.47. The lowest BCUT2D eigenvalue weighted by atomic mass is 10.1. The van der Waals surface area contributed by atoms with Gasteiger partial charge in [-0.05, 0) is 55.7 Å². The van der Waals surface area contributed by atoms with Crippen LogP contribution < -0.4 is 16.0 Å². The molecule has 2 aliphatic rings. The molecule has 1 fully saturated rings. The number of amidine groups is 1. The van der Waals surface area contributed by atoms with Gasteiger partial charge >= 0.3 is 0 Å². The molecule has 0 radical (unpaired) electrons. The number of amides is 4. The third kappa shape index (κ3) is 6.07. The van der Waals surface area contributed by atoms with E-state index in [0.717, 1.165) is 31.1 Å². The summed E-state index contributed by atoms with van der Waals surface area (Å²) in [5, 5.41) is 8.27. The lowest BCUT2D eigenvalue weighted by Gasteiger charge is -2.27. The Balaban J connectivity index is 1.31. The van der Waals surface area contributed by atoms with Crippen LogP contribution in [0, 0.1) is 0 Å². The minimum atomic E-state index is -0.516. The van der Waals surface area contributed by atoms with Crippen molar-refractivity contribution >= 4 is 51.9 Å². The minimum Gasteiger partial charge on any atom is -0.355 e. The summed E-state index contributed by atoms with van der Waals surface area (Å²) in [7, 11) is 1.52. The van der Waals surface area contributed by atoms with E-state index in [1.807, 2.05) is 0 Å². The van der Waals surface area contributed by atoms with Crippen molar-refractivity contribution in [2.24, 2.45) is 4.99 Å². The molecule has 2 aromatic rings. The van der Waals surface area contributed by atoms with Gasteiger partial charge in [0.1, 0.15) is 5.25 Å². The molecule has 10 heteroatoms. The topological polar surface area (TPSA) is 120 Å². The number of hydrogen-bond donors (Lipinski definition) is 3. The average Bonchev–Trinajstić information content (AvgIpc) is 3.24. The Morgan fingerprint density at radius 2 is 1.69 bits per heavy atom. The summed E-state index contributed by atoms with van der Waals surface area (Å²) in [5.74, 6) is -1.24. The molecule has 4 amide bonds. The van der Waals surface area contributed by atoms with Crippen LogP contribution in [-0.4, -0.2) is 59.1 Å². The number of nitrogens with zero attached hydrogens (tertiary/aromatic N) is 2. The highest BCUT2D eigenvalue weighted by molar-refractivity contribution is 8.15. The number of benzene rings is 2. The van der Waals surface area contributed by atoms with Crippen molar-refractivity contribution in [3.63, 3.8) is 0 Å². The number of likely N-dealkylation sites (tertiary alicyclic amines) is 1.